The average Bonchev–Trinajstić information content (AvgIpc) is 3.21. The maximum atomic E-state index is 13.1. The Morgan fingerprint density at radius 1 is 0.900 bits per heavy atom. The molecule has 5 rings (SSSR count). The van der Waals surface area contributed by atoms with E-state index < -0.39 is 0 Å². The van der Waals surface area contributed by atoms with Gasteiger partial charge in [-0.1, -0.05) is 48.5 Å². The molecule has 202 valence electrons. The first-order valence-electron chi connectivity index (χ1n) is 12.7. The molecule has 7 nitrogen and oxygen atoms in total. The van der Waals surface area contributed by atoms with Gasteiger partial charge in [-0.3, -0.25) is 19.3 Å². The molecule has 4 aromatic carbocycles. The summed E-state index contributed by atoms with van der Waals surface area (Å²) in [6.45, 7) is 4.00. The van der Waals surface area contributed by atoms with Crippen LogP contribution < -0.4 is 14.8 Å². The molecule has 0 bridgehead atoms. The number of nitrogens with zero attached hydrogens (tertiary/aromatic N) is 1. The summed E-state index contributed by atoms with van der Waals surface area (Å²) in [5.41, 5.74) is 4.48. The number of imide groups is 1. The van der Waals surface area contributed by atoms with Gasteiger partial charge in [0, 0.05) is 5.69 Å². The number of hydrogen-bond donors (Lipinski definition) is 1. The van der Waals surface area contributed by atoms with Gasteiger partial charge in [0.15, 0.2) is 18.1 Å². The lowest BCUT2D eigenvalue weighted by molar-refractivity contribution is -0.123. The van der Waals surface area contributed by atoms with E-state index in [0.29, 0.717) is 27.7 Å². The summed E-state index contributed by atoms with van der Waals surface area (Å²) in [5.74, 6) is 0.155. The second-order valence-electron chi connectivity index (χ2n) is 9.50. The molecule has 1 N–H and O–H groups in total. The van der Waals surface area contributed by atoms with Crippen LogP contribution in [0.3, 0.4) is 0 Å². The number of benzene rings is 4. The molecule has 4 aromatic rings. The smallest absolute Gasteiger partial charge is 0.293 e. The molecule has 0 radical (unpaired) electrons. The fourth-order valence-electron chi connectivity index (χ4n) is 4.36. The Hall–Kier alpha value is -4.56. The van der Waals surface area contributed by atoms with Crippen molar-refractivity contribution < 1.29 is 23.9 Å². The van der Waals surface area contributed by atoms with Gasteiger partial charge >= 0.3 is 0 Å². The van der Waals surface area contributed by atoms with Crippen LogP contribution in [0.4, 0.5) is 10.5 Å². The molecule has 1 heterocycles. The maximum Gasteiger partial charge on any atom is 0.293 e. The van der Waals surface area contributed by atoms with E-state index in [9.17, 15) is 14.4 Å². The van der Waals surface area contributed by atoms with Crippen molar-refractivity contribution in [1.82, 2.24) is 4.90 Å². The fraction of sp³-hybridized carbons (Fsp3) is 0.156. The minimum Gasteiger partial charge on any atom is -0.493 e. The van der Waals surface area contributed by atoms with Gasteiger partial charge in [0.05, 0.1) is 18.6 Å². The number of carbonyl (C=O) groups excluding carboxylic acids is 3. The van der Waals surface area contributed by atoms with Gasteiger partial charge in [0.2, 0.25) is 0 Å². The number of rotatable bonds is 8. The van der Waals surface area contributed by atoms with Crippen molar-refractivity contribution in [3.63, 3.8) is 0 Å². The highest BCUT2D eigenvalue weighted by molar-refractivity contribution is 8.18. The zero-order valence-electron chi connectivity index (χ0n) is 22.4. The van der Waals surface area contributed by atoms with Crippen molar-refractivity contribution in [3.05, 3.63) is 106 Å². The largest absolute Gasteiger partial charge is 0.493 e. The summed E-state index contributed by atoms with van der Waals surface area (Å²) in [5, 5.41) is 4.67. The monoisotopic (exact) mass is 552 g/mol. The van der Waals surface area contributed by atoms with Crippen molar-refractivity contribution in [2.45, 2.75) is 20.4 Å². The minimum atomic E-state index is -0.342. The second kappa shape index (κ2) is 11.7. The summed E-state index contributed by atoms with van der Waals surface area (Å²) in [7, 11) is 1.50. The number of amides is 3. The topological polar surface area (TPSA) is 84.9 Å². The van der Waals surface area contributed by atoms with E-state index in [2.05, 4.69) is 5.32 Å². The highest BCUT2D eigenvalue weighted by Gasteiger charge is 2.35. The summed E-state index contributed by atoms with van der Waals surface area (Å²) in [6.07, 6.45) is 1.66. The molecule has 1 aliphatic heterocycles. The number of nitrogens with one attached hydrogen (secondary N) is 1. The van der Waals surface area contributed by atoms with E-state index in [4.69, 9.17) is 9.47 Å². The van der Waals surface area contributed by atoms with Gasteiger partial charge in [-0.15, -0.1) is 0 Å². The predicted octanol–water partition coefficient (Wildman–Crippen LogP) is 6.72. The standard InChI is InChI=1S/C32H28N2O5S/c1-20-8-12-26(14-21(20)2)33-30(35)19-39-27-13-10-22(16-28(27)38-3)17-29-31(36)34(32(37)40-29)18-23-9-11-24-6-4-5-7-25(24)15-23/h4-17H,18-19H2,1-3H3,(H,33,35). The summed E-state index contributed by atoms with van der Waals surface area (Å²) >= 11 is 0.908. The SMILES string of the molecule is COc1cc(C=C2SC(=O)N(Cc3ccc4ccccc4c3)C2=O)ccc1OCC(=O)Nc1ccc(C)c(C)c1. The van der Waals surface area contributed by atoms with Crippen LogP contribution in [-0.2, 0) is 16.1 Å². The Kier molecular flexibility index (Phi) is 7.89. The molecule has 0 saturated carbocycles. The van der Waals surface area contributed by atoms with Crippen LogP contribution in [0.5, 0.6) is 11.5 Å². The molecule has 0 aliphatic carbocycles. The number of methoxy groups -OCH3 is 1. The lowest BCUT2D eigenvalue weighted by Crippen LogP contribution is -2.27. The normalized spacial score (nSPS) is 14.2. The van der Waals surface area contributed by atoms with Crippen LogP contribution >= 0.6 is 11.8 Å². The Labute approximate surface area is 236 Å². The van der Waals surface area contributed by atoms with Crippen LogP contribution in [0.2, 0.25) is 0 Å². The summed E-state index contributed by atoms with van der Waals surface area (Å²) in [6, 6.07) is 24.7. The Bertz CT molecular complexity index is 1660. The summed E-state index contributed by atoms with van der Waals surface area (Å²) < 4.78 is 11.2. The van der Waals surface area contributed by atoms with E-state index in [1.54, 1.807) is 24.3 Å². The van der Waals surface area contributed by atoms with Gasteiger partial charge in [0.25, 0.3) is 17.1 Å². The molecule has 0 spiro atoms. The van der Waals surface area contributed by atoms with Gasteiger partial charge in [-0.25, -0.2) is 0 Å². The lowest BCUT2D eigenvalue weighted by Gasteiger charge is -2.13. The molecule has 0 unspecified atom stereocenters. The molecule has 40 heavy (non-hydrogen) atoms. The van der Waals surface area contributed by atoms with Gasteiger partial charge in [0.1, 0.15) is 0 Å². The molecule has 0 aromatic heterocycles. The highest BCUT2D eigenvalue weighted by Crippen LogP contribution is 2.35. The van der Waals surface area contributed by atoms with Crippen LogP contribution in [0.15, 0.2) is 83.8 Å². The fourth-order valence-corrected chi connectivity index (χ4v) is 5.20. The van der Waals surface area contributed by atoms with Crippen molar-refractivity contribution in [1.29, 1.82) is 0 Å². The third-order valence-corrected chi connectivity index (χ3v) is 7.57. The molecule has 1 aliphatic rings. The van der Waals surface area contributed by atoms with E-state index in [1.165, 1.54) is 12.0 Å². The number of fused-ring (bicyclic) bond motifs is 1. The Morgan fingerprint density at radius 2 is 1.70 bits per heavy atom. The van der Waals surface area contributed by atoms with E-state index in [-0.39, 0.29) is 30.2 Å². The van der Waals surface area contributed by atoms with Crippen molar-refractivity contribution in [3.8, 4) is 11.5 Å². The highest BCUT2D eigenvalue weighted by atomic mass is 32.2. The van der Waals surface area contributed by atoms with Gasteiger partial charge in [-0.05, 0) is 95.0 Å². The average molecular weight is 553 g/mol. The van der Waals surface area contributed by atoms with Crippen LogP contribution in [0.1, 0.15) is 22.3 Å². The first-order valence-corrected chi connectivity index (χ1v) is 13.5. The molecule has 1 saturated heterocycles. The zero-order valence-corrected chi connectivity index (χ0v) is 23.2. The van der Waals surface area contributed by atoms with Crippen molar-refractivity contribution in [2.75, 3.05) is 19.0 Å². The number of ether oxygens (including phenoxy) is 2. The summed E-state index contributed by atoms with van der Waals surface area (Å²) in [4.78, 5) is 39.8. The number of aryl methyl sites for hydroxylation is 2. The van der Waals surface area contributed by atoms with Gasteiger partial charge < -0.3 is 14.8 Å². The molecule has 1 fully saturated rings. The van der Waals surface area contributed by atoms with E-state index >= 15 is 0 Å². The van der Waals surface area contributed by atoms with Crippen LogP contribution in [0, 0.1) is 13.8 Å². The van der Waals surface area contributed by atoms with E-state index in [1.807, 2.05) is 74.5 Å². The third kappa shape index (κ3) is 6.02. The van der Waals surface area contributed by atoms with Crippen molar-refractivity contribution >= 4 is 51.4 Å². The molecule has 8 heteroatoms. The number of hydrogen-bond acceptors (Lipinski definition) is 6. The van der Waals surface area contributed by atoms with E-state index in [0.717, 1.165) is 39.2 Å². The Morgan fingerprint density at radius 3 is 2.48 bits per heavy atom. The van der Waals surface area contributed by atoms with Crippen LogP contribution in [-0.4, -0.2) is 35.7 Å². The lowest BCUT2D eigenvalue weighted by atomic mass is 10.1. The molecule has 0 atom stereocenters. The van der Waals surface area contributed by atoms with Gasteiger partial charge in [-0.2, -0.15) is 0 Å². The number of anilines is 1. The first kappa shape index (κ1) is 27.0. The molecule has 3 amide bonds. The van der Waals surface area contributed by atoms with Crippen LogP contribution in [0.25, 0.3) is 16.8 Å². The first-order chi connectivity index (χ1) is 19.3. The molecular formula is C32H28N2O5S. The number of carbonyl (C=O) groups is 3. The minimum absolute atomic E-state index is 0.198. The molecular weight excluding hydrogens is 524 g/mol. The van der Waals surface area contributed by atoms with Crippen molar-refractivity contribution in [2.24, 2.45) is 0 Å². The second-order valence-corrected chi connectivity index (χ2v) is 10.5. The zero-order chi connectivity index (χ0) is 28.2. The number of thioether (sulfide) groups is 1. The quantitative estimate of drug-likeness (QED) is 0.244. The predicted molar refractivity (Wildman–Crippen MR) is 158 cm³/mol. The maximum absolute atomic E-state index is 13.1. The Balaban J connectivity index is 1.24. The third-order valence-electron chi connectivity index (χ3n) is 6.66.